The van der Waals surface area contributed by atoms with Crippen LogP contribution in [0.3, 0.4) is 0 Å². The highest BCUT2D eigenvalue weighted by atomic mass is 16.5. The third-order valence-corrected chi connectivity index (χ3v) is 5.36. The number of carbonyl (C=O) groups is 2. The zero-order chi connectivity index (χ0) is 20.4. The average Bonchev–Trinajstić information content (AvgIpc) is 2.84. The fourth-order valence-electron chi connectivity index (χ4n) is 4.02. The Morgan fingerprint density at radius 2 is 1.97 bits per heavy atom. The van der Waals surface area contributed by atoms with Crippen molar-refractivity contribution in [2.24, 2.45) is 0 Å². The van der Waals surface area contributed by atoms with Crippen molar-refractivity contribution in [2.75, 3.05) is 25.0 Å². The smallest absolute Gasteiger partial charge is 0.221 e. The lowest BCUT2D eigenvalue weighted by molar-refractivity contribution is -0.114. The van der Waals surface area contributed by atoms with Crippen LogP contribution in [0.2, 0.25) is 0 Å². The molecule has 3 aromatic rings. The van der Waals surface area contributed by atoms with Gasteiger partial charge in [-0.2, -0.15) is 0 Å². The Bertz CT molecular complexity index is 1080. The molecule has 0 spiro atoms. The SMILES string of the molecule is CC(=O)Nc1cccc(OCC(=O)c2c3n(c4ccccc24)CCNCC3)c1C. The van der Waals surface area contributed by atoms with Crippen LogP contribution in [0.4, 0.5) is 5.69 Å². The molecule has 6 heteroatoms. The monoisotopic (exact) mass is 391 g/mol. The molecule has 0 bridgehead atoms. The first-order valence-corrected chi connectivity index (χ1v) is 9.90. The molecular weight excluding hydrogens is 366 g/mol. The number of fused-ring (bicyclic) bond motifs is 3. The van der Waals surface area contributed by atoms with E-state index in [0.29, 0.717) is 11.4 Å². The van der Waals surface area contributed by atoms with E-state index in [0.717, 1.165) is 53.8 Å². The Labute approximate surface area is 169 Å². The van der Waals surface area contributed by atoms with Gasteiger partial charge in [0.2, 0.25) is 11.7 Å². The molecule has 0 saturated heterocycles. The zero-order valence-electron chi connectivity index (χ0n) is 16.7. The number of aromatic nitrogens is 1. The van der Waals surface area contributed by atoms with Gasteiger partial charge in [-0.15, -0.1) is 0 Å². The van der Waals surface area contributed by atoms with E-state index in [2.05, 4.69) is 21.3 Å². The normalized spacial score (nSPS) is 13.6. The van der Waals surface area contributed by atoms with Crippen molar-refractivity contribution in [1.29, 1.82) is 0 Å². The number of ketones is 1. The van der Waals surface area contributed by atoms with Crippen molar-refractivity contribution in [3.05, 3.63) is 59.3 Å². The highest BCUT2D eigenvalue weighted by Crippen LogP contribution is 2.29. The van der Waals surface area contributed by atoms with Gasteiger partial charge in [-0.1, -0.05) is 24.3 Å². The van der Waals surface area contributed by atoms with E-state index in [1.54, 1.807) is 0 Å². The third kappa shape index (κ3) is 3.76. The molecule has 0 saturated carbocycles. The number of hydrogen-bond donors (Lipinski definition) is 2. The lowest BCUT2D eigenvalue weighted by Gasteiger charge is -2.13. The summed E-state index contributed by atoms with van der Waals surface area (Å²) in [6.45, 7) is 5.90. The van der Waals surface area contributed by atoms with Gasteiger partial charge in [-0.05, 0) is 25.1 Å². The minimum Gasteiger partial charge on any atom is -0.485 e. The number of Topliss-reactive ketones (excluding diaryl/α,β-unsaturated/α-hetero) is 1. The molecule has 2 aromatic carbocycles. The van der Waals surface area contributed by atoms with Crippen molar-refractivity contribution in [2.45, 2.75) is 26.8 Å². The molecule has 2 N–H and O–H groups in total. The molecule has 1 aromatic heterocycles. The van der Waals surface area contributed by atoms with Gasteiger partial charge < -0.3 is 19.9 Å². The summed E-state index contributed by atoms with van der Waals surface area (Å²) in [6.07, 6.45) is 0.812. The van der Waals surface area contributed by atoms with Crippen molar-refractivity contribution >= 4 is 28.3 Å². The first kappa shape index (κ1) is 19.2. The van der Waals surface area contributed by atoms with Crippen LogP contribution in [0.1, 0.15) is 28.5 Å². The van der Waals surface area contributed by atoms with Crippen LogP contribution < -0.4 is 15.4 Å². The molecule has 0 fully saturated rings. The zero-order valence-corrected chi connectivity index (χ0v) is 16.7. The van der Waals surface area contributed by atoms with Crippen LogP contribution in [0.15, 0.2) is 42.5 Å². The van der Waals surface area contributed by atoms with Gasteiger partial charge in [0.25, 0.3) is 0 Å². The van der Waals surface area contributed by atoms with Crippen LogP contribution in [0.25, 0.3) is 10.9 Å². The summed E-state index contributed by atoms with van der Waals surface area (Å²) in [5.41, 5.74) is 4.43. The molecule has 150 valence electrons. The maximum absolute atomic E-state index is 13.2. The number of benzene rings is 2. The fourth-order valence-corrected chi connectivity index (χ4v) is 4.02. The van der Waals surface area contributed by atoms with E-state index in [9.17, 15) is 9.59 Å². The van der Waals surface area contributed by atoms with E-state index in [-0.39, 0.29) is 18.3 Å². The third-order valence-electron chi connectivity index (χ3n) is 5.36. The largest absolute Gasteiger partial charge is 0.485 e. The van der Waals surface area contributed by atoms with Gasteiger partial charge in [0.15, 0.2) is 6.61 Å². The summed E-state index contributed by atoms with van der Waals surface area (Å²) in [5, 5.41) is 7.17. The molecule has 29 heavy (non-hydrogen) atoms. The second-order valence-electron chi connectivity index (χ2n) is 7.31. The van der Waals surface area contributed by atoms with Gasteiger partial charge >= 0.3 is 0 Å². The summed E-state index contributed by atoms with van der Waals surface area (Å²) >= 11 is 0. The highest BCUT2D eigenvalue weighted by Gasteiger charge is 2.23. The molecule has 6 nitrogen and oxygen atoms in total. The molecule has 1 amide bonds. The number of amides is 1. The number of ether oxygens (including phenoxy) is 1. The lowest BCUT2D eigenvalue weighted by Crippen LogP contribution is -2.18. The Morgan fingerprint density at radius 1 is 1.14 bits per heavy atom. The van der Waals surface area contributed by atoms with E-state index in [4.69, 9.17) is 4.74 Å². The number of carbonyl (C=O) groups excluding carboxylic acids is 2. The minimum atomic E-state index is -0.141. The van der Waals surface area contributed by atoms with E-state index in [1.165, 1.54) is 6.92 Å². The predicted octanol–water partition coefficient (Wildman–Crippen LogP) is 3.32. The first-order chi connectivity index (χ1) is 14.1. The summed E-state index contributed by atoms with van der Waals surface area (Å²) in [7, 11) is 0. The second-order valence-corrected chi connectivity index (χ2v) is 7.31. The summed E-state index contributed by atoms with van der Waals surface area (Å²) in [6, 6.07) is 13.5. The van der Waals surface area contributed by atoms with Crippen molar-refractivity contribution in [3.63, 3.8) is 0 Å². The Balaban J connectivity index is 1.63. The Hall–Kier alpha value is -3.12. The molecular formula is C23H25N3O3. The molecule has 4 rings (SSSR count). The van der Waals surface area contributed by atoms with Gasteiger partial charge in [0.1, 0.15) is 5.75 Å². The van der Waals surface area contributed by atoms with E-state index < -0.39 is 0 Å². The molecule has 0 atom stereocenters. The molecule has 1 aliphatic heterocycles. The number of para-hydroxylation sites is 1. The van der Waals surface area contributed by atoms with Crippen LogP contribution in [-0.2, 0) is 17.8 Å². The first-order valence-electron chi connectivity index (χ1n) is 9.90. The summed E-state index contributed by atoms with van der Waals surface area (Å²) < 4.78 is 8.15. The van der Waals surface area contributed by atoms with Gasteiger partial charge in [0.05, 0.1) is 5.56 Å². The standard InChI is InChI=1S/C23H25N3O3/c1-15-18(25-16(2)27)7-5-9-22(15)29-14-21(28)23-17-6-3-4-8-19(17)26-13-12-24-11-10-20(23)26/h3-9,24H,10-14H2,1-2H3,(H,25,27). The topological polar surface area (TPSA) is 72.4 Å². The number of rotatable bonds is 5. The maximum atomic E-state index is 13.2. The summed E-state index contributed by atoms with van der Waals surface area (Å²) in [4.78, 5) is 24.6. The highest BCUT2D eigenvalue weighted by molar-refractivity contribution is 6.10. The van der Waals surface area contributed by atoms with Crippen LogP contribution in [0, 0.1) is 6.92 Å². The van der Waals surface area contributed by atoms with E-state index >= 15 is 0 Å². The molecule has 0 aliphatic carbocycles. The lowest BCUT2D eigenvalue weighted by atomic mass is 10.0. The van der Waals surface area contributed by atoms with Gasteiger partial charge in [-0.25, -0.2) is 0 Å². The van der Waals surface area contributed by atoms with Crippen molar-refractivity contribution < 1.29 is 14.3 Å². The molecule has 2 heterocycles. The predicted molar refractivity (Wildman–Crippen MR) is 114 cm³/mol. The maximum Gasteiger partial charge on any atom is 0.221 e. The molecule has 0 unspecified atom stereocenters. The van der Waals surface area contributed by atoms with Crippen LogP contribution in [-0.4, -0.2) is 36.0 Å². The molecule has 1 aliphatic rings. The quantitative estimate of drug-likeness (QED) is 0.655. The fraction of sp³-hybridized carbons (Fsp3) is 0.304. The van der Waals surface area contributed by atoms with Crippen molar-refractivity contribution in [1.82, 2.24) is 9.88 Å². The van der Waals surface area contributed by atoms with Crippen LogP contribution >= 0.6 is 0 Å². The average molecular weight is 391 g/mol. The van der Waals surface area contributed by atoms with Crippen molar-refractivity contribution in [3.8, 4) is 5.75 Å². The molecule has 0 radical (unpaired) electrons. The summed E-state index contributed by atoms with van der Waals surface area (Å²) in [5.74, 6) is 0.431. The minimum absolute atomic E-state index is 0.0267. The number of anilines is 1. The van der Waals surface area contributed by atoms with Gasteiger partial charge in [-0.3, -0.25) is 9.59 Å². The Morgan fingerprint density at radius 3 is 2.79 bits per heavy atom. The van der Waals surface area contributed by atoms with E-state index in [1.807, 2.05) is 43.3 Å². The second kappa shape index (κ2) is 8.09. The number of nitrogens with zero attached hydrogens (tertiary/aromatic N) is 1. The number of hydrogen-bond acceptors (Lipinski definition) is 4. The Kier molecular flexibility index (Phi) is 5.36. The van der Waals surface area contributed by atoms with Crippen LogP contribution in [0.5, 0.6) is 5.75 Å². The number of nitrogens with one attached hydrogen (secondary N) is 2. The van der Waals surface area contributed by atoms with Gasteiger partial charge in [0, 0.05) is 60.8 Å².